The number of aromatic amines is 1. The Kier molecular flexibility index (Phi) is 3.59. The number of hydrogen-bond acceptors (Lipinski definition) is 4. The van der Waals surface area contributed by atoms with Crippen molar-refractivity contribution in [2.24, 2.45) is 0 Å². The van der Waals surface area contributed by atoms with Crippen LogP contribution in [-0.2, 0) is 13.1 Å². The Morgan fingerprint density at radius 1 is 1.37 bits per heavy atom. The van der Waals surface area contributed by atoms with E-state index < -0.39 is 0 Å². The van der Waals surface area contributed by atoms with E-state index in [1.54, 1.807) is 6.33 Å². The number of H-pyrrole nitrogens is 1. The maximum absolute atomic E-state index is 4.47. The monoisotopic (exact) mass is 260 g/mol. The average Bonchev–Trinajstić information content (AvgIpc) is 3.10. The fourth-order valence-corrected chi connectivity index (χ4v) is 2.83. The van der Waals surface area contributed by atoms with Gasteiger partial charge in [0.15, 0.2) is 0 Å². The summed E-state index contributed by atoms with van der Waals surface area (Å²) < 4.78 is 2.20. The standard InChI is InChI=1S/C13H20N6/c1-2-18-8-6-14-12(18)9-19-7-4-3-5-11(19)13-15-10-16-17-13/h6,8,10-11H,2-5,7,9H2,1H3,(H,15,16,17)/t11-/m1/s1. The lowest BCUT2D eigenvalue weighted by Crippen LogP contribution is -2.34. The average molecular weight is 260 g/mol. The Morgan fingerprint density at radius 2 is 2.32 bits per heavy atom. The van der Waals surface area contributed by atoms with Crippen molar-refractivity contribution in [1.29, 1.82) is 0 Å². The Balaban J connectivity index is 1.77. The van der Waals surface area contributed by atoms with E-state index in [-0.39, 0.29) is 0 Å². The fraction of sp³-hybridized carbons (Fsp3) is 0.615. The molecular formula is C13H20N6. The van der Waals surface area contributed by atoms with E-state index >= 15 is 0 Å². The molecule has 1 aliphatic heterocycles. The maximum Gasteiger partial charge on any atom is 0.141 e. The predicted octanol–water partition coefficient (Wildman–Crippen LogP) is 1.75. The van der Waals surface area contributed by atoms with Crippen molar-refractivity contribution in [1.82, 2.24) is 29.6 Å². The first kappa shape index (κ1) is 12.3. The van der Waals surface area contributed by atoms with E-state index in [2.05, 4.69) is 36.6 Å². The van der Waals surface area contributed by atoms with Crippen molar-refractivity contribution in [2.75, 3.05) is 6.54 Å². The lowest BCUT2D eigenvalue weighted by Gasteiger charge is -2.33. The maximum atomic E-state index is 4.47. The fourth-order valence-electron chi connectivity index (χ4n) is 2.83. The number of aromatic nitrogens is 5. The first-order chi connectivity index (χ1) is 9.38. The van der Waals surface area contributed by atoms with Crippen LogP contribution in [0.15, 0.2) is 18.7 Å². The molecular weight excluding hydrogens is 240 g/mol. The highest BCUT2D eigenvalue weighted by Gasteiger charge is 2.26. The predicted molar refractivity (Wildman–Crippen MR) is 71.3 cm³/mol. The van der Waals surface area contributed by atoms with Gasteiger partial charge in [-0.2, -0.15) is 5.10 Å². The van der Waals surface area contributed by atoms with Gasteiger partial charge in [0.05, 0.1) is 12.6 Å². The molecule has 19 heavy (non-hydrogen) atoms. The molecule has 0 saturated carbocycles. The Bertz CT molecular complexity index is 503. The first-order valence-electron chi connectivity index (χ1n) is 6.98. The quantitative estimate of drug-likeness (QED) is 0.909. The third-order valence-electron chi connectivity index (χ3n) is 3.85. The van der Waals surface area contributed by atoms with Gasteiger partial charge in [0, 0.05) is 18.9 Å². The summed E-state index contributed by atoms with van der Waals surface area (Å²) in [4.78, 5) is 11.3. The highest BCUT2D eigenvalue weighted by atomic mass is 15.3. The lowest BCUT2D eigenvalue weighted by atomic mass is 10.0. The molecule has 6 nitrogen and oxygen atoms in total. The molecule has 1 fully saturated rings. The van der Waals surface area contributed by atoms with Crippen LogP contribution in [0.5, 0.6) is 0 Å². The smallest absolute Gasteiger partial charge is 0.141 e. The van der Waals surface area contributed by atoms with E-state index in [0.717, 1.165) is 37.7 Å². The number of likely N-dealkylation sites (tertiary alicyclic amines) is 1. The highest BCUT2D eigenvalue weighted by Crippen LogP contribution is 2.29. The van der Waals surface area contributed by atoms with Crippen LogP contribution in [0, 0.1) is 0 Å². The summed E-state index contributed by atoms with van der Waals surface area (Å²) in [5, 5.41) is 6.99. The van der Waals surface area contributed by atoms with Crippen LogP contribution in [0.3, 0.4) is 0 Å². The molecule has 0 spiro atoms. The molecule has 0 bridgehead atoms. The van der Waals surface area contributed by atoms with Gasteiger partial charge in [-0.05, 0) is 26.3 Å². The molecule has 0 aromatic carbocycles. The van der Waals surface area contributed by atoms with Gasteiger partial charge in [-0.15, -0.1) is 0 Å². The molecule has 0 aliphatic carbocycles. The number of rotatable bonds is 4. The van der Waals surface area contributed by atoms with Gasteiger partial charge in [-0.3, -0.25) is 10.00 Å². The summed E-state index contributed by atoms with van der Waals surface area (Å²) in [7, 11) is 0. The highest BCUT2D eigenvalue weighted by molar-refractivity contribution is 4.98. The van der Waals surface area contributed by atoms with Gasteiger partial charge in [0.2, 0.25) is 0 Å². The van der Waals surface area contributed by atoms with Crippen LogP contribution >= 0.6 is 0 Å². The van der Waals surface area contributed by atoms with Crippen LogP contribution in [0.25, 0.3) is 0 Å². The van der Waals surface area contributed by atoms with E-state index in [4.69, 9.17) is 0 Å². The SMILES string of the molecule is CCn1ccnc1CN1CCCC[C@@H]1c1ncn[nH]1. The number of imidazole rings is 1. The number of hydrogen-bond donors (Lipinski definition) is 1. The second-order valence-corrected chi connectivity index (χ2v) is 4.98. The van der Waals surface area contributed by atoms with Crippen LogP contribution < -0.4 is 0 Å². The second-order valence-electron chi connectivity index (χ2n) is 4.98. The second kappa shape index (κ2) is 5.52. The van der Waals surface area contributed by atoms with Gasteiger partial charge in [0.1, 0.15) is 18.0 Å². The first-order valence-corrected chi connectivity index (χ1v) is 6.98. The zero-order valence-corrected chi connectivity index (χ0v) is 11.3. The Hall–Kier alpha value is -1.69. The van der Waals surface area contributed by atoms with Crippen molar-refractivity contribution in [2.45, 2.75) is 45.3 Å². The van der Waals surface area contributed by atoms with Crippen LogP contribution in [-0.4, -0.2) is 36.2 Å². The number of nitrogens with zero attached hydrogens (tertiary/aromatic N) is 5. The van der Waals surface area contributed by atoms with Gasteiger partial charge in [-0.1, -0.05) is 6.42 Å². The molecule has 0 radical (unpaired) electrons. The van der Waals surface area contributed by atoms with E-state index in [0.29, 0.717) is 6.04 Å². The third kappa shape index (κ3) is 2.53. The molecule has 1 atom stereocenters. The van der Waals surface area contributed by atoms with Crippen molar-refractivity contribution in [3.8, 4) is 0 Å². The van der Waals surface area contributed by atoms with Crippen molar-refractivity contribution < 1.29 is 0 Å². The molecule has 0 amide bonds. The number of piperidine rings is 1. The molecule has 3 heterocycles. The van der Waals surface area contributed by atoms with Crippen molar-refractivity contribution in [3.05, 3.63) is 30.4 Å². The topological polar surface area (TPSA) is 62.6 Å². The molecule has 2 aromatic rings. The molecule has 6 heteroatoms. The summed E-state index contributed by atoms with van der Waals surface area (Å²) >= 11 is 0. The summed E-state index contributed by atoms with van der Waals surface area (Å²) in [6.45, 7) is 5.10. The van der Waals surface area contributed by atoms with Crippen LogP contribution in [0.1, 0.15) is 43.9 Å². The zero-order chi connectivity index (χ0) is 13.1. The van der Waals surface area contributed by atoms with Crippen molar-refractivity contribution in [3.63, 3.8) is 0 Å². The minimum atomic E-state index is 0.346. The molecule has 1 saturated heterocycles. The summed E-state index contributed by atoms with van der Waals surface area (Å²) in [5.74, 6) is 2.11. The number of aryl methyl sites for hydroxylation is 1. The van der Waals surface area contributed by atoms with Crippen LogP contribution in [0.2, 0.25) is 0 Å². The number of nitrogens with one attached hydrogen (secondary N) is 1. The summed E-state index contributed by atoms with van der Waals surface area (Å²) in [5.41, 5.74) is 0. The largest absolute Gasteiger partial charge is 0.334 e. The molecule has 0 unspecified atom stereocenters. The third-order valence-corrected chi connectivity index (χ3v) is 3.85. The summed E-state index contributed by atoms with van der Waals surface area (Å²) in [6.07, 6.45) is 9.16. The van der Waals surface area contributed by atoms with Gasteiger partial charge < -0.3 is 4.57 Å². The van der Waals surface area contributed by atoms with Gasteiger partial charge in [0.25, 0.3) is 0 Å². The molecule has 1 N–H and O–H groups in total. The molecule has 2 aromatic heterocycles. The molecule has 1 aliphatic rings. The van der Waals surface area contributed by atoms with Crippen molar-refractivity contribution >= 4 is 0 Å². The molecule has 3 rings (SSSR count). The minimum Gasteiger partial charge on any atom is -0.334 e. The van der Waals surface area contributed by atoms with Gasteiger partial charge >= 0.3 is 0 Å². The van der Waals surface area contributed by atoms with E-state index in [1.807, 2.05) is 12.4 Å². The Morgan fingerprint density at radius 3 is 3.11 bits per heavy atom. The minimum absolute atomic E-state index is 0.346. The Labute approximate surface area is 112 Å². The summed E-state index contributed by atoms with van der Waals surface area (Å²) in [6, 6.07) is 0.346. The van der Waals surface area contributed by atoms with E-state index in [1.165, 1.54) is 12.8 Å². The van der Waals surface area contributed by atoms with Crippen LogP contribution in [0.4, 0.5) is 0 Å². The van der Waals surface area contributed by atoms with Gasteiger partial charge in [-0.25, -0.2) is 9.97 Å². The lowest BCUT2D eigenvalue weighted by molar-refractivity contribution is 0.129. The zero-order valence-electron chi connectivity index (χ0n) is 11.3. The molecule has 102 valence electrons. The normalized spacial score (nSPS) is 20.8. The van der Waals surface area contributed by atoms with E-state index in [9.17, 15) is 0 Å².